The molecule has 0 saturated heterocycles. The minimum absolute atomic E-state index is 0.222. The molecule has 0 aliphatic heterocycles. The molecule has 4 aliphatic rings. The average Bonchev–Trinajstić information content (AvgIpc) is 2.75. The molecular formula is C20H30O2. The smallest absolute Gasteiger partial charge is 0.139 e. The number of Topliss-reactive ketones (excluding diaryl/α,β-unsaturated/α-hetero) is 2. The molecule has 2 heteroatoms. The van der Waals surface area contributed by atoms with Crippen LogP contribution < -0.4 is 0 Å². The number of hydrogen-bond donors (Lipinski definition) is 0. The van der Waals surface area contributed by atoms with Gasteiger partial charge in [-0.05, 0) is 61.2 Å². The summed E-state index contributed by atoms with van der Waals surface area (Å²) in [5.74, 6) is 3.60. The fraction of sp³-hybridized carbons (Fsp3) is 0.900. The Morgan fingerprint density at radius 1 is 1.05 bits per heavy atom. The number of carbonyl (C=O) groups is 2. The van der Waals surface area contributed by atoms with Gasteiger partial charge in [0.25, 0.3) is 0 Å². The molecule has 0 spiro atoms. The molecular weight excluding hydrogens is 272 g/mol. The normalized spacial score (nSPS) is 54.6. The molecule has 122 valence electrons. The molecule has 4 fully saturated rings. The summed E-state index contributed by atoms with van der Waals surface area (Å²) in [5, 5.41) is 0. The van der Waals surface area contributed by atoms with Gasteiger partial charge in [-0.15, -0.1) is 0 Å². The number of rotatable bonds is 0. The summed E-state index contributed by atoms with van der Waals surface area (Å²) >= 11 is 0. The molecule has 0 heterocycles. The molecule has 0 N–H and O–H groups in total. The monoisotopic (exact) mass is 302 g/mol. The van der Waals surface area contributed by atoms with Crippen LogP contribution in [0.25, 0.3) is 0 Å². The van der Waals surface area contributed by atoms with E-state index in [-0.39, 0.29) is 16.7 Å². The quantitative estimate of drug-likeness (QED) is 0.664. The third-order valence-electron chi connectivity index (χ3n) is 8.33. The van der Waals surface area contributed by atoms with Gasteiger partial charge in [-0.3, -0.25) is 9.59 Å². The van der Waals surface area contributed by atoms with Crippen LogP contribution in [0.4, 0.5) is 0 Å². The summed E-state index contributed by atoms with van der Waals surface area (Å²) in [6, 6.07) is 0. The van der Waals surface area contributed by atoms with Gasteiger partial charge in [0.15, 0.2) is 0 Å². The van der Waals surface area contributed by atoms with E-state index in [0.717, 1.165) is 24.7 Å². The average molecular weight is 302 g/mol. The largest absolute Gasteiger partial charge is 0.299 e. The molecule has 22 heavy (non-hydrogen) atoms. The van der Waals surface area contributed by atoms with Crippen LogP contribution in [0, 0.1) is 40.4 Å². The Labute approximate surface area is 134 Å². The van der Waals surface area contributed by atoms with Gasteiger partial charge in [0, 0.05) is 24.2 Å². The van der Waals surface area contributed by atoms with Gasteiger partial charge in [0.05, 0.1) is 0 Å². The van der Waals surface area contributed by atoms with Crippen LogP contribution in [0.15, 0.2) is 0 Å². The fourth-order valence-corrected chi connectivity index (χ4v) is 7.07. The van der Waals surface area contributed by atoms with Crippen LogP contribution in [0.5, 0.6) is 0 Å². The number of fused-ring (bicyclic) bond motifs is 5. The van der Waals surface area contributed by atoms with Crippen molar-refractivity contribution in [2.75, 3.05) is 0 Å². The van der Waals surface area contributed by atoms with E-state index in [1.165, 1.54) is 32.1 Å². The zero-order chi connectivity index (χ0) is 15.7. The number of ketones is 2. The standard InChI is InChI=1S/C20H30O2/c1-12-8-9-19(2)13(10-12)4-5-14-15-6-7-17(22)20(15,3)11-16(21)18(14)19/h12-15,18H,4-11H2,1-3H3/t12-,13+,14?,15?,18?,19-,20-/m0/s1. The SMILES string of the molecule is C[C@H]1CC[C@]2(C)C3C(=O)C[C@]4(C)C(=O)CCC4C3CC[C@@H]2C1. The van der Waals surface area contributed by atoms with Crippen molar-refractivity contribution in [3.8, 4) is 0 Å². The van der Waals surface area contributed by atoms with Gasteiger partial charge in [0.1, 0.15) is 11.6 Å². The van der Waals surface area contributed by atoms with Crippen molar-refractivity contribution in [1.82, 2.24) is 0 Å². The van der Waals surface area contributed by atoms with Crippen LogP contribution in [0.3, 0.4) is 0 Å². The molecule has 4 rings (SSSR count). The molecule has 4 aliphatic carbocycles. The lowest BCUT2D eigenvalue weighted by atomic mass is 9.44. The van der Waals surface area contributed by atoms with Crippen molar-refractivity contribution < 1.29 is 9.59 Å². The first-order chi connectivity index (χ1) is 10.4. The predicted molar refractivity (Wildman–Crippen MR) is 86.3 cm³/mol. The summed E-state index contributed by atoms with van der Waals surface area (Å²) in [4.78, 5) is 25.5. The lowest BCUT2D eigenvalue weighted by Gasteiger charge is -2.59. The minimum Gasteiger partial charge on any atom is -0.299 e. The number of carbonyl (C=O) groups excluding carboxylic acids is 2. The second kappa shape index (κ2) is 4.68. The minimum atomic E-state index is -0.316. The first kappa shape index (κ1) is 14.9. The molecule has 3 unspecified atom stereocenters. The zero-order valence-corrected chi connectivity index (χ0v) is 14.4. The van der Waals surface area contributed by atoms with Gasteiger partial charge in [-0.25, -0.2) is 0 Å². The Hall–Kier alpha value is -0.660. The van der Waals surface area contributed by atoms with Gasteiger partial charge < -0.3 is 0 Å². The Kier molecular flexibility index (Phi) is 3.17. The van der Waals surface area contributed by atoms with Gasteiger partial charge >= 0.3 is 0 Å². The van der Waals surface area contributed by atoms with Crippen molar-refractivity contribution >= 4 is 11.6 Å². The van der Waals surface area contributed by atoms with E-state index >= 15 is 0 Å². The van der Waals surface area contributed by atoms with Crippen LogP contribution in [-0.2, 0) is 9.59 Å². The summed E-state index contributed by atoms with van der Waals surface area (Å²) in [5.41, 5.74) is -0.0944. The second-order valence-electron chi connectivity index (χ2n) is 9.43. The van der Waals surface area contributed by atoms with E-state index < -0.39 is 0 Å². The predicted octanol–water partition coefficient (Wildman–Crippen LogP) is 4.41. The lowest BCUT2D eigenvalue weighted by molar-refractivity contribution is -0.160. The molecule has 7 atom stereocenters. The second-order valence-corrected chi connectivity index (χ2v) is 9.43. The third-order valence-corrected chi connectivity index (χ3v) is 8.33. The first-order valence-electron chi connectivity index (χ1n) is 9.42. The highest BCUT2D eigenvalue weighted by molar-refractivity contribution is 5.95. The highest BCUT2D eigenvalue weighted by Crippen LogP contribution is 2.64. The van der Waals surface area contributed by atoms with Crippen LogP contribution in [0.1, 0.15) is 72.1 Å². The Balaban J connectivity index is 1.71. The third kappa shape index (κ3) is 1.79. The molecule has 0 aromatic carbocycles. The molecule has 4 saturated carbocycles. The van der Waals surface area contributed by atoms with Crippen LogP contribution in [-0.4, -0.2) is 11.6 Å². The maximum absolute atomic E-state index is 13.1. The molecule has 0 radical (unpaired) electrons. The molecule has 0 aromatic rings. The van der Waals surface area contributed by atoms with E-state index in [2.05, 4.69) is 20.8 Å². The Morgan fingerprint density at radius 3 is 2.59 bits per heavy atom. The van der Waals surface area contributed by atoms with E-state index in [4.69, 9.17) is 0 Å². The van der Waals surface area contributed by atoms with Crippen molar-refractivity contribution in [1.29, 1.82) is 0 Å². The van der Waals surface area contributed by atoms with Crippen LogP contribution in [0.2, 0.25) is 0 Å². The van der Waals surface area contributed by atoms with Crippen molar-refractivity contribution in [2.45, 2.75) is 72.1 Å². The van der Waals surface area contributed by atoms with Crippen molar-refractivity contribution in [3.05, 3.63) is 0 Å². The van der Waals surface area contributed by atoms with Crippen molar-refractivity contribution in [3.63, 3.8) is 0 Å². The van der Waals surface area contributed by atoms with Crippen molar-refractivity contribution in [2.24, 2.45) is 40.4 Å². The Morgan fingerprint density at radius 2 is 1.82 bits per heavy atom. The molecule has 0 aromatic heterocycles. The summed E-state index contributed by atoms with van der Waals surface area (Å²) in [6.45, 7) is 6.89. The van der Waals surface area contributed by atoms with Gasteiger partial charge in [-0.2, -0.15) is 0 Å². The molecule has 0 amide bonds. The van der Waals surface area contributed by atoms with Gasteiger partial charge in [-0.1, -0.05) is 27.2 Å². The molecule has 0 bridgehead atoms. The van der Waals surface area contributed by atoms with E-state index in [0.29, 0.717) is 29.8 Å². The van der Waals surface area contributed by atoms with Gasteiger partial charge in [0.2, 0.25) is 0 Å². The topological polar surface area (TPSA) is 34.1 Å². The van der Waals surface area contributed by atoms with E-state index in [1.807, 2.05) is 0 Å². The lowest BCUT2D eigenvalue weighted by Crippen LogP contribution is -2.57. The highest BCUT2D eigenvalue weighted by Gasteiger charge is 2.63. The van der Waals surface area contributed by atoms with E-state index in [9.17, 15) is 9.59 Å². The highest BCUT2D eigenvalue weighted by atomic mass is 16.1. The summed E-state index contributed by atoms with van der Waals surface area (Å²) in [7, 11) is 0. The Bertz CT molecular complexity index is 524. The summed E-state index contributed by atoms with van der Waals surface area (Å²) in [6.07, 6.45) is 8.60. The maximum Gasteiger partial charge on any atom is 0.139 e. The van der Waals surface area contributed by atoms with E-state index in [1.54, 1.807) is 0 Å². The maximum atomic E-state index is 13.1. The van der Waals surface area contributed by atoms with Crippen LogP contribution >= 0.6 is 0 Å². The molecule has 2 nitrogen and oxygen atoms in total. The fourth-order valence-electron chi connectivity index (χ4n) is 7.07. The first-order valence-corrected chi connectivity index (χ1v) is 9.42. The zero-order valence-electron chi connectivity index (χ0n) is 14.4. The summed E-state index contributed by atoms with van der Waals surface area (Å²) < 4.78 is 0. The number of hydrogen-bond acceptors (Lipinski definition) is 2.